The Balaban J connectivity index is 1.52. The monoisotopic (exact) mass is 375 g/mol. The fraction of sp³-hybridized carbons (Fsp3) is 0.263. The molecule has 5 nitrogen and oxygen atoms in total. The molecule has 27 heavy (non-hydrogen) atoms. The first-order chi connectivity index (χ1) is 13.0. The maximum absolute atomic E-state index is 12.7. The SMILES string of the molecule is FC(F)(F)c1ccc(-c2nc(-c3ccc(N4CCOCC4)cc3)no2)cc1. The van der Waals surface area contributed by atoms with E-state index in [4.69, 9.17) is 9.26 Å². The quantitative estimate of drug-likeness (QED) is 0.685. The molecular weight excluding hydrogens is 359 g/mol. The van der Waals surface area contributed by atoms with Crippen LogP contribution in [0.15, 0.2) is 53.1 Å². The number of alkyl halides is 3. The number of hydrogen-bond acceptors (Lipinski definition) is 5. The van der Waals surface area contributed by atoms with Crippen LogP contribution < -0.4 is 4.90 Å². The summed E-state index contributed by atoms with van der Waals surface area (Å²) < 4.78 is 48.5. The minimum absolute atomic E-state index is 0.177. The summed E-state index contributed by atoms with van der Waals surface area (Å²) in [6.07, 6.45) is -4.37. The summed E-state index contributed by atoms with van der Waals surface area (Å²) in [4.78, 5) is 6.53. The van der Waals surface area contributed by atoms with E-state index in [0.717, 1.165) is 36.5 Å². The van der Waals surface area contributed by atoms with Crippen LogP contribution in [0.2, 0.25) is 0 Å². The number of benzene rings is 2. The Kier molecular flexibility index (Phi) is 4.57. The van der Waals surface area contributed by atoms with E-state index in [2.05, 4.69) is 15.0 Å². The molecule has 0 radical (unpaired) electrons. The van der Waals surface area contributed by atoms with E-state index in [1.807, 2.05) is 24.3 Å². The lowest BCUT2D eigenvalue weighted by Crippen LogP contribution is -2.36. The van der Waals surface area contributed by atoms with Gasteiger partial charge < -0.3 is 14.2 Å². The van der Waals surface area contributed by atoms with E-state index in [9.17, 15) is 13.2 Å². The molecule has 0 atom stereocenters. The zero-order chi connectivity index (χ0) is 18.9. The number of hydrogen-bond donors (Lipinski definition) is 0. The molecule has 0 aliphatic carbocycles. The van der Waals surface area contributed by atoms with Crippen molar-refractivity contribution in [2.75, 3.05) is 31.2 Å². The van der Waals surface area contributed by atoms with Gasteiger partial charge in [0.1, 0.15) is 0 Å². The molecule has 140 valence electrons. The number of anilines is 1. The van der Waals surface area contributed by atoms with Crippen LogP contribution in [-0.4, -0.2) is 36.4 Å². The van der Waals surface area contributed by atoms with Crippen molar-refractivity contribution >= 4 is 5.69 Å². The maximum atomic E-state index is 12.7. The molecule has 0 saturated carbocycles. The Morgan fingerprint density at radius 2 is 1.48 bits per heavy atom. The third kappa shape index (κ3) is 3.80. The Morgan fingerprint density at radius 3 is 2.11 bits per heavy atom. The molecule has 0 amide bonds. The smallest absolute Gasteiger partial charge is 0.378 e. The first-order valence-electron chi connectivity index (χ1n) is 8.45. The molecular formula is C19H16F3N3O2. The lowest BCUT2D eigenvalue weighted by Gasteiger charge is -2.28. The van der Waals surface area contributed by atoms with Gasteiger partial charge in [-0.2, -0.15) is 18.2 Å². The predicted octanol–water partition coefficient (Wildman–Crippen LogP) is 4.26. The summed E-state index contributed by atoms with van der Waals surface area (Å²) >= 11 is 0. The minimum Gasteiger partial charge on any atom is -0.378 e. The average molecular weight is 375 g/mol. The first kappa shape index (κ1) is 17.5. The highest BCUT2D eigenvalue weighted by Crippen LogP contribution is 2.31. The van der Waals surface area contributed by atoms with Crippen LogP contribution in [0.3, 0.4) is 0 Å². The largest absolute Gasteiger partial charge is 0.416 e. The summed E-state index contributed by atoms with van der Waals surface area (Å²) in [7, 11) is 0. The second-order valence-corrected chi connectivity index (χ2v) is 6.14. The fourth-order valence-electron chi connectivity index (χ4n) is 2.90. The Labute approximate surface area is 153 Å². The van der Waals surface area contributed by atoms with Crippen LogP contribution in [0.5, 0.6) is 0 Å². The van der Waals surface area contributed by atoms with Crippen LogP contribution in [-0.2, 0) is 10.9 Å². The molecule has 1 aliphatic heterocycles. The van der Waals surface area contributed by atoms with E-state index in [0.29, 0.717) is 24.6 Å². The van der Waals surface area contributed by atoms with Gasteiger partial charge in [-0.3, -0.25) is 0 Å². The second-order valence-electron chi connectivity index (χ2n) is 6.14. The maximum Gasteiger partial charge on any atom is 0.416 e. The first-order valence-corrected chi connectivity index (χ1v) is 8.45. The van der Waals surface area contributed by atoms with Crippen molar-refractivity contribution < 1.29 is 22.4 Å². The third-order valence-corrected chi connectivity index (χ3v) is 4.39. The van der Waals surface area contributed by atoms with E-state index in [1.54, 1.807) is 0 Å². The van der Waals surface area contributed by atoms with Gasteiger partial charge in [0.2, 0.25) is 5.82 Å². The lowest BCUT2D eigenvalue weighted by atomic mass is 10.1. The van der Waals surface area contributed by atoms with Crippen molar-refractivity contribution in [1.82, 2.24) is 10.1 Å². The van der Waals surface area contributed by atoms with Gasteiger partial charge in [-0.15, -0.1) is 0 Å². The summed E-state index contributed by atoms with van der Waals surface area (Å²) in [5.74, 6) is 0.564. The van der Waals surface area contributed by atoms with Crippen LogP contribution >= 0.6 is 0 Å². The standard InChI is InChI=1S/C19H16F3N3O2/c20-19(21,22)15-5-1-14(2-6-15)18-23-17(24-27-18)13-3-7-16(8-4-13)25-9-11-26-12-10-25/h1-8H,9-12H2. The molecule has 3 aromatic rings. The number of ether oxygens (including phenoxy) is 1. The highest BCUT2D eigenvalue weighted by atomic mass is 19.4. The van der Waals surface area contributed by atoms with E-state index in [1.165, 1.54) is 12.1 Å². The van der Waals surface area contributed by atoms with Crippen LogP contribution in [0.1, 0.15) is 5.56 Å². The molecule has 1 saturated heterocycles. The van der Waals surface area contributed by atoms with Gasteiger partial charge in [-0.05, 0) is 48.5 Å². The molecule has 8 heteroatoms. The van der Waals surface area contributed by atoms with Crippen molar-refractivity contribution in [1.29, 1.82) is 0 Å². The minimum atomic E-state index is -4.37. The van der Waals surface area contributed by atoms with Gasteiger partial charge in [0, 0.05) is 29.9 Å². The molecule has 0 spiro atoms. The average Bonchev–Trinajstić information content (AvgIpc) is 3.18. The summed E-state index contributed by atoms with van der Waals surface area (Å²) in [6, 6.07) is 12.4. The van der Waals surface area contributed by atoms with E-state index < -0.39 is 11.7 Å². The Morgan fingerprint density at radius 1 is 0.852 bits per heavy atom. The lowest BCUT2D eigenvalue weighted by molar-refractivity contribution is -0.137. The summed E-state index contributed by atoms with van der Waals surface area (Å²) in [5.41, 5.74) is 1.58. The van der Waals surface area contributed by atoms with Crippen molar-refractivity contribution in [2.45, 2.75) is 6.18 Å². The summed E-state index contributed by atoms with van der Waals surface area (Å²) in [6.45, 7) is 3.12. The fourth-order valence-corrected chi connectivity index (χ4v) is 2.90. The highest BCUT2D eigenvalue weighted by molar-refractivity contribution is 5.63. The number of rotatable bonds is 3. The van der Waals surface area contributed by atoms with E-state index >= 15 is 0 Å². The summed E-state index contributed by atoms with van der Waals surface area (Å²) in [5, 5.41) is 3.93. The van der Waals surface area contributed by atoms with E-state index in [-0.39, 0.29) is 5.89 Å². The third-order valence-electron chi connectivity index (χ3n) is 4.39. The number of halogens is 3. The zero-order valence-corrected chi connectivity index (χ0v) is 14.2. The molecule has 1 aromatic heterocycles. The van der Waals surface area contributed by atoms with Gasteiger partial charge in [0.15, 0.2) is 0 Å². The van der Waals surface area contributed by atoms with Crippen LogP contribution in [0.4, 0.5) is 18.9 Å². The van der Waals surface area contributed by atoms with Crippen LogP contribution in [0.25, 0.3) is 22.8 Å². The molecule has 1 fully saturated rings. The molecule has 2 aromatic carbocycles. The molecule has 4 rings (SSSR count). The Bertz CT molecular complexity index is 899. The zero-order valence-electron chi connectivity index (χ0n) is 14.2. The van der Waals surface area contributed by atoms with Crippen LogP contribution in [0, 0.1) is 0 Å². The van der Waals surface area contributed by atoms with Crippen molar-refractivity contribution in [3.05, 3.63) is 54.1 Å². The van der Waals surface area contributed by atoms with Crippen molar-refractivity contribution in [3.8, 4) is 22.8 Å². The predicted molar refractivity (Wildman–Crippen MR) is 93.2 cm³/mol. The molecule has 1 aliphatic rings. The van der Waals surface area contributed by atoms with Crippen molar-refractivity contribution in [2.24, 2.45) is 0 Å². The second kappa shape index (κ2) is 7.03. The molecule has 0 bridgehead atoms. The normalized spacial score (nSPS) is 15.1. The Hall–Kier alpha value is -2.87. The topological polar surface area (TPSA) is 51.4 Å². The van der Waals surface area contributed by atoms with Gasteiger partial charge in [0.25, 0.3) is 5.89 Å². The number of nitrogens with zero attached hydrogens (tertiary/aromatic N) is 3. The highest BCUT2D eigenvalue weighted by Gasteiger charge is 2.30. The molecule has 0 N–H and O–H groups in total. The molecule has 0 unspecified atom stereocenters. The molecule has 2 heterocycles. The number of morpholine rings is 1. The van der Waals surface area contributed by atoms with Gasteiger partial charge >= 0.3 is 6.18 Å². The van der Waals surface area contributed by atoms with Gasteiger partial charge in [-0.25, -0.2) is 0 Å². The van der Waals surface area contributed by atoms with Gasteiger partial charge in [-0.1, -0.05) is 5.16 Å². The van der Waals surface area contributed by atoms with Crippen molar-refractivity contribution in [3.63, 3.8) is 0 Å². The number of aromatic nitrogens is 2. The van der Waals surface area contributed by atoms with Gasteiger partial charge in [0.05, 0.1) is 18.8 Å².